The Morgan fingerprint density at radius 3 is 2.68 bits per heavy atom. The lowest BCUT2D eigenvalue weighted by molar-refractivity contribution is -0.137. The first-order valence-corrected chi connectivity index (χ1v) is 10.3. The van der Waals surface area contributed by atoms with Crippen LogP contribution >= 0.6 is 0 Å². The van der Waals surface area contributed by atoms with Gasteiger partial charge in [-0.3, -0.25) is 9.48 Å². The molecule has 0 radical (unpaired) electrons. The molecule has 0 bridgehead atoms. The van der Waals surface area contributed by atoms with Crippen molar-refractivity contribution >= 4 is 17.0 Å². The van der Waals surface area contributed by atoms with Gasteiger partial charge in [0.1, 0.15) is 12.7 Å². The Morgan fingerprint density at radius 2 is 2.06 bits per heavy atom. The van der Waals surface area contributed by atoms with Crippen molar-refractivity contribution in [2.75, 3.05) is 13.1 Å². The minimum absolute atomic E-state index is 0.0100. The van der Waals surface area contributed by atoms with Crippen molar-refractivity contribution in [1.29, 1.82) is 0 Å². The monoisotopic (exact) mass is 436 g/mol. The predicted molar refractivity (Wildman–Crippen MR) is 104 cm³/mol. The first-order valence-electron chi connectivity index (χ1n) is 10.3. The average molecular weight is 436 g/mol. The van der Waals surface area contributed by atoms with Gasteiger partial charge >= 0.3 is 6.18 Å². The second-order valence-electron chi connectivity index (χ2n) is 7.88. The number of nitrogens with zero attached hydrogens (tertiary/aromatic N) is 6. The fourth-order valence-corrected chi connectivity index (χ4v) is 4.08. The van der Waals surface area contributed by atoms with Gasteiger partial charge in [0.15, 0.2) is 0 Å². The molecule has 1 amide bonds. The SMILES string of the molecule is CCc1cc(C(F)(F)F)c2c(C3CCN(C(=O)C(C)Cn4cncn4)CC3)noc2n1. The summed E-state index contributed by atoms with van der Waals surface area (Å²) in [7, 11) is 0. The van der Waals surface area contributed by atoms with E-state index in [2.05, 4.69) is 20.2 Å². The third-order valence-electron chi connectivity index (χ3n) is 5.74. The number of hydrogen-bond acceptors (Lipinski definition) is 6. The standard InChI is InChI=1S/C20H23F3N6O2/c1-3-14-8-15(20(21,22)23)16-17(27-31-18(16)26-14)13-4-6-28(7-5-13)19(30)12(2)9-29-11-24-10-25-29/h8,10-13H,3-7,9H2,1-2H3. The van der Waals surface area contributed by atoms with Crippen LogP contribution in [0.15, 0.2) is 23.2 Å². The average Bonchev–Trinajstić information content (AvgIpc) is 3.41. The number of likely N-dealkylation sites (tertiary alicyclic amines) is 1. The summed E-state index contributed by atoms with van der Waals surface area (Å²) in [5.41, 5.74) is -0.253. The molecule has 0 N–H and O–H groups in total. The van der Waals surface area contributed by atoms with Gasteiger partial charge in [-0.05, 0) is 25.3 Å². The van der Waals surface area contributed by atoms with Gasteiger partial charge in [0.25, 0.3) is 5.71 Å². The molecule has 166 valence electrons. The summed E-state index contributed by atoms with van der Waals surface area (Å²) >= 11 is 0. The Labute approximate surface area is 176 Å². The number of fused-ring (bicyclic) bond motifs is 1. The lowest BCUT2D eigenvalue weighted by Gasteiger charge is -2.33. The maximum absolute atomic E-state index is 13.7. The van der Waals surface area contributed by atoms with E-state index in [-0.39, 0.29) is 34.5 Å². The molecule has 0 aliphatic carbocycles. The first kappa shape index (κ1) is 21.3. The number of hydrogen-bond donors (Lipinski definition) is 0. The van der Waals surface area contributed by atoms with Crippen LogP contribution in [0, 0.1) is 5.92 Å². The zero-order chi connectivity index (χ0) is 22.2. The molecule has 4 rings (SSSR count). The highest BCUT2D eigenvalue weighted by Crippen LogP contribution is 2.40. The van der Waals surface area contributed by atoms with Crippen LogP contribution in [0.25, 0.3) is 11.1 Å². The Kier molecular flexibility index (Phi) is 5.67. The number of alkyl halides is 3. The van der Waals surface area contributed by atoms with Crippen molar-refractivity contribution < 1.29 is 22.5 Å². The van der Waals surface area contributed by atoms with E-state index in [0.29, 0.717) is 44.6 Å². The zero-order valence-electron chi connectivity index (χ0n) is 17.3. The second kappa shape index (κ2) is 8.27. The first-order chi connectivity index (χ1) is 14.8. The Morgan fingerprint density at radius 1 is 1.32 bits per heavy atom. The van der Waals surface area contributed by atoms with Crippen molar-refractivity contribution in [2.24, 2.45) is 5.92 Å². The van der Waals surface area contributed by atoms with E-state index in [4.69, 9.17) is 4.52 Å². The van der Waals surface area contributed by atoms with E-state index in [1.54, 1.807) is 22.8 Å². The minimum atomic E-state index is -4.53. The van der Waals surface area contributed by atoms with Gasteiger partial charge in [-0.2, -0.15) is 18.3 Å². The quantitative estimate of drug-likeness (QED) is 0.609. The number of piperidine rings is 1. The summed E-state index contributed by atoms with van der Waals surface area (Å²) in [5.74, 6) is -0.518. The Hall–Kier alpha value is -2.98. The van der Waals surface area contributed by atoms with Gasteiger partial charge in [-0.1, -0.05) is 19.0 Å². The molecule has 1 aliphatic heterocycles. The summed E-state index contributed by atoms with van der Waals surface area (Å²) in [5, 5.41) is 7.92. The molecular weight excluding hydrogens is 413 g/mol. The molecule has 1 saturated heterocycles. The zero-order valence-corrected chi connectivity index (χ0v) is 17.3. The highest BCUT2D eigenvalue weighted by molar-refractivity contribution is 5.82. The van der Waals surface area contributed by atoms with Crippen LogP contribution in [0.5, 0.6) is 0 Å². The smallest absolute Gasteiger partial charge is 0.342 e. The summed E-state index contributed by atoms with van der Waals surface area (Å²) in [6, 6.07) is 1.08. The number of halogens is 3. The maximum Gasteiger partial charge on any atom is 0.417 e. The highest BCUT2D eigenvalue weighted by atomic mass is 19.4. The fourth-order valence-electron chi connectivity index (χ4n) is 4.08. The van der Waals surface area contributed by atoms with Crippen LogP contribution in [0.4, 0.5) is 13.2 Å². The van der Waals surface area contributed by atoms with Crippen LogP contribution in [0.1, 0.15) is 49.6 Å². The molecule has 1 atom stereocenters. The van der Waals surface area contributed by atoms with Crippen LogP contribution in [0.3, 0.4) is 0 Å². The van der Waals surface area contributed by atoms with Crippen molar-refractivity contribution in [1.82, 2.24) is 29.8 Å². The van der Waals surface area contributed by atoms with Crippen LogP contribution < -0.4 is 0 Å². The number of amides is 1. The molecular formula is C20H23F3N6O2. The van der Waals surface area contributed by atoms with Gasteiger partial charge in [-0.15, -0.1) is 0 Å². The minimum Gasteiger partial charge on any atom is -0.342 e. The normalized spacial score (nSPS) is 16.7. The Balaban J connectivity index is 1.50. The third-order valence-corrected chi connectivity index (χ3v) is 5.74. The number of rotatable bonds is 5. The van der Waals surface area contributed by atoms with Crippen molar-refractivity contribution in [3.8, 4) is 0 Å². The van der Waals surface area contributed by atoms with Crippen molar-refractivity contribution in [2.45, 2.75) is 51.7 Å². The largest absolute Gasteiger partial charge is 0.417 e. The summed E-state index contributed by atoms with van der Waals surface area (Å²) < 4.78 is 47.9. The van der Waals surface area contributed by atoms with E-state index in [0.717, 1.165) is 6.07 Å². The number of carbonyl (C=O) groups is 1. The highest BCUT2D eigenvalue weighted by Gasteiger charge is 2.38. The molecule has 1 fully saturated rings. The third kappa shape index (κ3) is 4.26. The molecule has 11 heteroatoms. The molecule has 3 aromatic rings. The van der Waals surface area contributed by atoms with Crippen LogP contribution in [-0.2, 0) is 23.9 Å². The molecule has 0 spiro atoms. The maximum atomic E-state index is 13.7. The molecule has 31 heavy (non-hydrogen) atoms. The summed E-state index contributed by atoms with van der Waals surface area (Å²) in [4.78, 5) is 22.6. The molecule has 4 heterocycles. The summed E-state index contributed by atoms with van der Waals surface area (Å²) in [6.45, 7) is 4.88. The van der Waals surface area contributed by atoms with E-state index in [1.807, 2.05) is 6.92 Å². The lowest BCUT2D eigenvalue weighted by Crippen LogP contribution is -2.41. The molecule has 1 unspecified atom stereocenters. The number of carbonyl (C=O) groups excluding carboxylic acids is 1. The van der Waals surface area contributed by atoms with Gasteiger partial charge in [-0.25, -0.2) is 9.97 Å². The fraction of sp³-hybridized carbons (Fsp3) is 0.550. The van der Waals surface area contributed by atoms with E-state index < -0.39 is 11.7 Å². The topological polar surface area (TPSA) is 89.9 Å². The molecule has 3 aromatic heterocycles. The van der Waals surface area contributed by atoms with Crippen LogP contribution in [-0.4, -0.2) is 48.8 Å². The van der Waals surface area contributed by atoms with Gasteiger partial charge in [0.05, 0.1) is 29.1 Å². The second-order valence-corrected chi connectivity index (χ2v) is 7.88. The lowest BCUT2D eigenvalue weighted by atomic mass is 9.90. The molecule has 0 saturated carbocycles. The van der Waals surface area contributed by atoms with Gasteiger partial charge in [0, 0.05) is 24.7 Å². The number of aromatic nitrogens is 5. The Bertz CT molecular complexity index is 1050. The number of pyridine rings is 1. The van der Waals surface area contributed by atoms with Gasteiger partial charge < -0.3 is 9.42 Å². The summed E-state index contributed by atoms with van der Waals surface area (Å²) in [6.07, 6.45) is -0.173. The van der Waals surface area contributed by atoms with E-state index >= 15 is 0 Å². The predicted octanol–water partition coefficient (Wildman–Crippen LogP) is 3.44. The van der Waals surface area contributed by atoms with Crippen molar-refractivity contribution in [3.05, 3.63) is 35.7 Å². The van der Waals surface area contributed by atoms with Crippen molar-refractivity contribution in [3.63, 3.8) is 0 Å². The number of aryl methyl sites for hydroxylation is 1. The molecule has 0 aromatic carbocycles. The van der Waals surface area contributed by atoms with E-state index in [9.17, 15) is 18.0 Å². The van der Waals surface area contributed by atoms with Crippen LogP contribution in [0.2, 0.25) is 0 Å². The van der Waals surface area contributed by atoms with Gasteiger partial charge in [0.2, 0.25) is 5.91 Å². The van der Waals surface area contributed by atoms with E-state index in [1.165, 1.54) is 6.33 Å². The molecule has 1 aliphatic rings. The molecule has 8 nitrogen and oxygen atoms in total.